The lowest BCUT2D eigenvalue weighted by Gasteiger charge is -2.25. The van der Waals surface area contributed by atoms with Crippen molar-refractivity contribution in [3.05, 3.63) is 237 Å². The van der Waals surface area contributed by atoms with Gasteiger partial charge < -0.3 is 4.74 Å². The van der Waals surface area contributed by atoms with E-state index in [0.717, 1.165) is 106 Å². The Morgan fingerprint density at radius 3 is 1.22 bits per heavy atom. The number of hydrogen-bond donors (Lipinski definition) is 0. The number of benzene rings is 10. The Hall–Kier alpha value is -8.73. The van der Waals surface area contributed by atoms with Crippen LogP contribution in [-0.2, 0) is 0 Å². The maximum Gasteiger partial charge on any atom is 0.164 e. The van der Waals surface area contributed by atoms with Crippen molar-refractivity contribution in [3.63, 3.8) is 0 Å². The molecular weight excluding hydrogens is 791 g/mol. The molecule has 0 spiro atoms. The lowest BCUT2D eigenvalue weighted by Crippen LogP contribution is -2.03. The number of rotatable bonds is 8. The Labute approximate surface area is 377 Å². The van der Waals surface area contributed by atoms with E-state index >= 15 is 0 Å². The lowest BCUT2D eigenvalue weighted by molar-refractivity contribution is 0.489. The van der Waals surface area contributed by atoms with Crippen molar-refractivity contribution in [2.24, 2.45) is 0 Å². The molecule has 0 fully saturated rings. The number of aromatic nitrogens is 3. The summed E-state index contributed by atoms with van der Waals surface area (Å²) in [4.78, 5) is 16.0. The van der Waals surface area contributed by atoms with Crippen LogP contribution in [0.2, 0.25) is 0 Å². The van der Waals surface area contributed by atoms with Crippen molar-refractivity contribution in [3.8, 4) is 112 Å². The minimum atomic E-state index is 0.572. The fraction of sp³-hybridized carbons (Fsp3) is 0. The average molecular weight is 830 g/mol. The summed E-state index contributed by atoms with van der Waals surface area (Å²) >= 11 is 0. The van der Waals surface area contributed by atoms with Gasteiger partial charge in [-0.1, -0.05) is 218 Å². The Morgan fingerprint density at radius 2 is 0.662 bits per heavy atom. The summed E-state index contributed by atoms with van der Waals surface area (Å²) in [6.07, 6.45) is 0. The summed E-state index contributed by atoms with van der Waals surface area (Å²) in [6, 6.07) is 82.8. The van der Waals surface area contributed by atoms with Crippen LogP contribution in [0.4, 0.5) is 0 Å². The van der Waals surface area contributed by atoms with Crippen molar-refractivity contribution < 1.29 is 4.74 Å². The van der Waals surface area contributed by atoms with Gasteiger partial charge in [-0.25, -0.2) is 15.0 Å². The van der Waals surface area contributed by atoms with Gasteiger partial charge in [-0.15, -0.1) is 0 Å². The van der Waals surface area contributed by atoms with E-state index in [1.165, 1.54) is 0 Å². The molecule has 0 saturated carbocycles. The van der Waals surface area contributed by atoms with E-state index in [0.29, 0.717) is 17.5 Å². The Morgan fingerprint density at radius 1 is 0.262 bits per heavy atom. The van der Waals surface area contributed by atoms with Gasteiger partial charge in [0.15, 0.2) is 17.5 Å². The van der Waals surface area contributed by atoms with Gasteiger partial charge in [0, 0.05) is 38.8 Å². The predicted octanol–water partition coefficient (Wildman–Crippen LogP) is 16.1. The highest BCUT2D eigenvalue weighted by Crippen LogP contribution is 2.53. The Balaban J connectivity index is 1.12. The van der Waals surface area contributed by atoms with Gasteiger partial charge >= 0.3 is 0 Å². The summed E-state index contributed by atoms with van der Waals surface area (Å²) in [5.74, 6) is 3.42. The summed E-state index contributed by atoms with van der Waals surface area (Å²) in [5, 5.41) is 2.28. The zero-order chi connectivity index (χ0) is 43.1. The molecule has 0 atom stereocenters. The topological polar surface area (TPSA) is 47.9 Å². The number of hydrogen-bond acceptors (Lipinski definition) is 4. The molecule has 0 bridgehead atoms. The minimum absolute atomic E-state index is 0.572. The second-order valence-electron chi connectivity index (χ2n) is 16.3. The van der Waals surface area contributed by atoms with Gasteiger partial charge in [-0.3, -0.25) is 0 Å². The van der Waals surface area contributed by atoms with Crippen LogP contribution in [0.15, 0.2) is 237 Å². The highest BCUT2D eigenvalue weighted by Gasteiger charge is 2.27. The fourth-order valence-corrected chi connectivity index (χ4v) is 9.18. The quantitative estimate of drug-likeness (QED) is 0.153. The smallest absolute Gasteiger partial charge is 0.164 e. The Kier molecular flexibility index (Phi) is 9.46. The van der Waals surface area contributed by atoms with Crippen molar-refractivity contribution in [1.82, 2.24) is 15.0 Å². The highest BCUT2D eigenvalue weighted by molar-refractivity contribution is 6.07. The molecule has 0 amide bonds. The monoisotopic (exact) mass is 829 g/mol. The number of ether oxygens (including phenoxy) is 1. The SMILES string of the molecule is c1ccc(-c2ccc(-c3nc(-c4ccc(-c5ccccc5)cc4)nc(-c4cc(-c5ccccc5)cc(-c5cccc6c5Oc5cccc7cccc-6c57)c4-c4ccccc4)n3)cc2)cc1. The van der Waals surface area contributed by atoms with Gasteiger partial charge in [0.05, 0.1) is 0 Å². The molecule has 0 radical (unpaired) electrons. The molecule has 0 aliphatic carbocycles. The predicted molar refractivity (Wildman–Crippen MR) is 266 cm³/mol. The first-order valence-corrected chi connectivity index (χ1v) is 21.9. The third kappa shape index (κ3) is 7.04. The van der Waals surface area contributed by atoms with E-state index in [2.05, 4.69) is 224 Å². The summed E-state index contributed by atoms with van der Waals surface area (Å²) in [7, 11) is 0. The zero-order valence-electron chi connectivity index (χ0n) is 35.3. The van der Waals surface area contributed by atoms with E-state index in [1.807, 2.05) is 12.1 Å². The standard InChI is InChI=1S/C61H39N3O/c1-5-16-40(17-6-1)43-30-34-47(35-31-43)59-62-60(48-36-32-44(33-37-48)41-18-7-2-8-19-41)64-61(63-59)54-39-49(42-20-9-3-10-21-42)38-53(56(54)45-22-11-4-12-23-45)52-28-15-27-51-50-26-13-24-46-25-14-29-55(57(46)50)65-58(51)52/h1-39H. The molecule has 10 aromatic carbocycles. The highest BCUT2D eigenvalue weighted by atomic mass is 16.5. The molecule has 4 nitrogen and oxygen atoms in total. The van der Waals surface area contributed by atoms with E-state index in [4.69, 9.17) is 19.7 Å². The molecule has 65 heavy (non-hydrogen) atoms. The first-order chi connectivity index (χ1) is 32.2. The largest absolute Gasteiger partial charge is 0.455 e. The minimum Gasteiger partial charge on any atom is -0.455 e. The third-order valence-corrected chi connectivity index (χ3v) is 12.4. The van der Waals surface area contributed by atoms with Crippen molar-refractivity contribution in [1.29, 1.82) is 0 Å². The first kappa shape index (κ1) is 38.0. The van der Waals surface area contributed by atoms with Crippen LogP contribution in [0.1, 0.15) is 0 Å². The maximum absolute atomic E-state index is 7.01. The van der Waals surface area contributed by atoms with Gasteiger partial charge in [0.2, 0.25) is 0 Å². The van der Waals surface area contributed by atoms with Crippen LogP contribution in [0.5, 0.6) is 11.5 Å². The van der Waals surface area contributed by atoms with E-state index < -0.39 is 0 Å². The van der Waals surface area contributed by atoms with Crippen LogP contribution in [-0.4, -0.2) is 15.0 Å². The second-order valence-corrected chi connectivity index (χ2v) is 16.3. The molecule has 0 unspecified atom stereocenters. The van der Waals surface area contributed by atoms with Gasteiger partial charge in [0.25, 0.3) is 0 Å². The van der Waals surface area contributed by atoms with Crippen LogP contribution in [0.25, 0.3) is 112 Å². The molecule has 304 valence electrons. The summed E-state index contributed by atoms with van der Waals surface area (Å²) < 4.78 is 7.01. The van der Waals surface area contributed by atoms with E-state index in [-0.39, 0.29) is 0 Å². The summed E-state index contributed by atoms with van der Waals surface area (Å²) in [6.45, 7) is 0. The fourth-order valence-electron chi connectivity index (χ4n) is 9.18. The molecule has 1 aromatic heterocycles. The number of para-hydroxylation sites is 1. The average Bonchev–Trinajstić information content (AvgIpc) is 3.39. The molecule has 0 N–H and O–H groups in total. The zero-order valence-corrected chi connectivity index (χ0v) is 35.3. The lowest BCUT2D eigenvalue weighted by atomic mass is 9.84. The molecule has 12 rings (SSSR count). The molecule has 0 saturated heterocycles. The van der Waals surface area contributed by atoms with E-state index in [1.54, 1.807) is 0 Å². The molecule has 1 aliphatic heterocycles. The Bertz CT molecular complexity index is 3410. The maximum atomic E-state index is 7.01. The second kappa shape index (κ2) is 16.2. The summed E-state index contributed by atoms with van der Waals surface area (Å²) in [5.41, 5.74) is 15.6. The van der Waals surface area contributed by atoms with Crippen LogP contribution in [0, 0.1) is 0 Å². The molecule has 4 heteroatoms. The molecule has 2 heterocycles. The van der Waals surface area contributed by atoms with Crippen LogP contribution < -0.4 is 4.74 Å². The molecule has 11 aromatic rings. The van der Waals surface area contributed by atoms with Crippen LogP contribution >= 0.6 is 0 Å². The number of nitrogens with zero attached hydrogens (tertiary/aromatic N) is 3. The van der Waals surface area contributed by atoms with E-state index in [9.17, 15) is 0 Å². The van der Waals surface area contributed by atoms with Crippen molar-refractivity contribution in [2.45, 2.75) is 0 Å². The first-order valence-electron chi connectivity index (χ1n) is 21.9. The van der Waals surface area contributed by atoms with Gasteiger partial charge in [-0.2, -0.15) is 0 Å². The van der Waals surface area contributed by atoms with Crippen molar-refractivity contribution in [2.75, 3.05) is 0 Å². The molecule has 1 aliphatic rings. The van der Waals surface area contributed by atoms with Gasteiger partial charge in [0.1, 0.15) is 11.5 Å². The van der Waals surface area contributed by atoms with Crippen molar-refractivity contribution >= 4 is 10.8 Å². The number of fused-ring (bicyclic) bond motifs is 2. The van der Waals surface area contributed by atoms with Gasteiger partial charge in [-0.05, 0) is 73.7 Å². The third-order valence-electron chi connectivity index (χ3n) is 12.4. The normalized spacial score (nSPS) is 11.5. The van der Waals surface area contributed by atoms with Crippen LogP contribution in [0.3, 0.4) is 0 Å². The molecular formula is C61H39N3O.